The van der Waals surface area contributed by atoms with Gasteiger partial charge < -0.3 is 9.84 Å². The summed E-state index contributed by atoms with van der Waals surface area (Å²) in [5.41, 5.74) is 1.88. The zero-order valence-electron chi connectivity index (χ0n) is 17.0. The summed E-state index contributed by atoms with van der Waals surface area (Å²) < 4.78 is 8.92. The number of rotatable bonds is 4. The number of piperidine rings is 1. The number of benzene rings is 1. The molecule has 7 nitrogen and oxygen atoms in total. The van der Waals surface area contributed by atoms with E-state index in [4.69, 9.17) is 4.52 Å². The van der Waals surface area contributed by atoms with E-state index in [9.17, 15) is 9.59 Å². The number of aryl methyl sites for hydroxylation is 1. The summed E-state index contributed by atoms with van der Waals surface area (Å²) in [6, 6.07) is 13.6. The normalized spacial score (nSPS) is 14.6. The molecular formula is C22H23ClN4O3S. The Balaban J connectivity index is 0.00000231. The van der Waals surface area contributed by atoms with Gasteiger partial charge in [-0.2, -0.15) is 0 Å². The third-order valence-electron chi connectivity index (χ3n) is 5.58. The highest BCUT2D eigenvalue weighted by molar-refractivity contribution is 7.22. The molecule has 0 radical (unpaired) electrons. The molecule has 4 aromatic rings. The molecule has 1 aliphatic rings. The van der Waals surface area contributed by atoms with Gasteiger partial charge in [-0.05, 0) is 44.5 Å². The van der Waals surface area contributed by atoms with Crippen LogP contribution in [0.4, 0.5) is 0 Å². The van der Waals surface area contributed by atoms with Gasteiger partial charge in [0.2, 0.25) is 0 Å². The molecule has 1 N–H and O–H groups in total. The smallest absolute Gasteiger partial charge is 0.332 e. The minimum atomic E-state index is -0.280. The van der Waals surface area contributed by atoms with Gasteiger partial charge in [0.05, 0.1) is 12.1 Å². The van der Waals surface area contributed by atoms with Crippen LogP contribution in [-0.4, -0.2) is 27.4 Å². The van der Waals surface area contributed by atoms with E-state index in [-0.39, 0.29) is 36.2 Å². The van der Waals surface area contributed by atoms with Crippen molar-refractivity contribution in [3.8, 4) is 10.4 Å². The SMILES string of the molecule is Cc1cc(Cn2c(=O)n(C3CCNCC3)c(=O)c3sc(-c4ccccc4)cc32)no1.Cl. The van der Waals surface area contributed by atoms with Crippen molar-refractivity contribution < 1.29 is 4.52 Å². The van der Waals surface area contributed by atoms with Crippen LogP contribution in [-0.2, 0) is 6.54 Å². The maximum atomic E-state index is 13.5. The maximum absolute atomic E-state index is 13.5. The molecule has 0 atom stereocenters. The first-order valence-corrected chi connectivity index (χ1v) is 10.9. The molecule has 0 amide bonds. The van der Waals surface area contributed by atoms with E-state index in [1.807, 2.05) is 49.4 Å². The van der Waals surface area contributed by atoms with Crippen molar-refractivity contribution in [2.75, 3.05) is 13.1 Å². The Morgan fingerprint density at radius 2 is 1.90 bits per heavy atom. The Bertz CT molecular complexity index is 1320. The van der Waals surface area contributed by atoms with Crippen molar-refractivity contribution in [1.29, 1.82) is 0 Å². The zero-order chi connectivity index (χ0) is 20.7. The largest absolute Gasteiger partial charge is 0.361 e. The van der Waals surface area contributed by atoms with E-state index in [2.05, 4.69) is 10.5 Å². The summed E-state index contributed by atoms with van der Waals surface area (Å²) in [7, 11) is 0. The van der Waals surface area contributed by atoms with Crippen molar-refractivity contribution in [3.63, 3.8) is 0 Å². The molecule has 0 unspecified atom stereocenters. The summed E-state index contributed by atoms with van der Waals surface area (Å²) >= 11 is 1.44. The van der Waals surface area contributed by atoms with Crippen LogP contribution < -0.4 is 16.6 Å². The third-order valence-corrected chi connectivity index (χ3v) is 6.74. The number of hydrogen-bond donors (Lipinski definition) is 1. The lowest BCUT2D eigenvalue weighted by Gasteiger charge is -2.24. The molecule has 1 fully saturated rings. The quantitative estimate of drug-likeness (QED) is 0.505. The summed E-state index contributed by atoms with van der Waals surface area (Å²) in [6.45, 7) is 3.69. The van der Waals surface area contributed by atoms with Crippen LogP contribution in [0.25, 0.3) is 20.7 Å². The zero-order valence-corrected chi connectivity index (χ0v) is 18.7. The fourth-order valence-corrected chi connectivity index (χ4v) is 5.21. The molecule has 0 aliphatic carbocycles. The van der Waals surface area contributed by atoms with Crippen LogP contribution in [0.5, 0.6) is 0 Å². The van der Waals surface area contributed by atoms with Gasteiger partial charge in [-0.3, -0.25) is 13.9 Å². The minimum Gasteiger partial charge on any atom is -0.361 e. The van der Waals surface area contributed by atoms with Crippen molar-refractivity contribution in [1.82, 2.24) is 19.6 Å². The number of halogens is 1. The average Bonchev–Trinajstić information content (AvgIpc) is 3.39. The molecule has 0 spiro atoms. The Kier molecular flexibility index (Phi) is 6.13. The number of nitrogens with zero attached hydrogens (tertiary/aromatic N) is 3. The predicted octanol–water partition coefficient (Wildman–Crippen LogP) is 3.58. The van der Waals surface area contributed by atoms with Gasteiger partial charge in [-0.1, -0.05) is 35.5 Å². The summed E-state index contributed by atoms with van der Waals surface area (Å²) in [4.78, 5) is 27.9. The lowest BCUT2D eigenvalue weighted by atomic mass is 10.1. The van der Waals surface area contributed by atoms with Crippen LogP contribution in [0.1, 0.15) is 30.3 Å². The summed E-state index contributed by atoms with van der Waals surface area (Å²) in [6.07, 6.45) is 1.53. The molecular weight excluding hydrogens is 436 g/mol. The number of hydrogen-bond acceptors (Lipinski definition) is 6. The fourth-order valence-electron chi connectivity index (χ4n) is 4.10. The van der Waals surface area contributed by atoms with Gasteiger partial charge in [0.1, 0.15) is 16.2 Å². The van der Waals surface area contributed by atoms with Gasteiger partial charge in [0.25, 0.3) is 5.56 Å². The monoisotopic (exact) mass is 458 g/mol. The molecule has 3 aromatic heterocycles. The minimum absolute atomic E-state index is 0. The van der Waals surface area contributed by atoms with Gasteiger partial charge in [0.15, 0.2) is 0 Å². The number of aromatic nitrogens is 3. The summed E-state index contributed by atoms with van der Waals surface area (Å²) in [5, 5.41) is 7.36. The van der Waals surface area contributed by atoms with E-state index in [0.717, 1.165) is 36.4 Å². The Morgan fingerprint density at radius 3 is 2.58 bits per heavy atom. The fraction of sp³-hybridized carbons (Fsp3) is 0.318. The van der Waals surface area contributed by atoms with E-state index in [0.29, 0.717) is 21.7 Å². The Morgan fingerprint density at radius 1 is 1.16 bits per heavy atom. The lowest BCUT2D eigenvalue weighted by molar-refractivity contribution is 0.345. The van der Waals surface area contributed by atoms with Crippen molar-refractivity contribution in [3.05, 3.63) is 74.8 Å². The molecule has 4 heterocycles. The van der Waals surface area contributed by atoms with Crippen LogP contribution in [0.2, 0.25) is 0 Å². The highest BCUT2D eigenvalue weighted by atomic mass is 35.5. The first kappa shape index (κ1) is 21.5. The van der Waals surface area contributed by atoms with Crippen LogP contribution in [0, 0.1) is 6.92 Å². The van der Waals surface area contributed by atoms with E-state index in [1.165, 1.54) is 15.9 Å². The van der Waals surface area contributed by atoms with Gasteiger partial charge in [-0.25, -0.2) is 4.79 Å². The maximum Gasteiger partial charge on any atom is 0.332 e. The molecule has 162 valence electrons. The number of thiophene rings is 1. The molecule has 1 aromatic carbocycles. The topological polar surface area (TPSA) is 82.1 Å². The predicted molar refractivity (Wildman–Crippen MR) is 125 cm³/mol. The Labute approximate surface area is 188 Å². The molecule has 1 saturated heterocycles. The molecule has 1 aliphatic heterocycles. The first-order chi connectivity index (χ1) is 14.6. The average molecular weight is 459 g/mol. The second-order valence-corrected chi connectivity index (χ2v) is 8.70. The van der Waals surface area contributed by atoms with Crippen LogP contribution in [0.15, 0.2) is 56.6 Å². The molecule has 9 heteroatoms. The van der Waals surface area contributed by atoms with E-state index < -0.39 is 0 Å². The lowest BCUT2D eigenvalue weighted by Crippen LogP contribution is -2.45. The highest BCUT2D eigenvalue weighted by Crippen LogP contribution is 2.32. The molecule has 0 saturated carbocycles. The standard InChI is InChI=1S/C22H22N4O3S.ClH/c1-14-11-16(24-29-14)13-25-18-12-19(15-5-3-2-4-6-15)30-20(18)21(27)26(22(25)28)17-7-9-23-10-8-17;/h2-6,11-12,17,23H,7-10,13H2,1H3;1H. The van der Waals surface area contributed by atoms with Crippen molar-refractivity contribution >= 4 is 34.0 Å². The molecule has 31 heavy (non-hydrogen) atoms. The molecule has 0 bridgehead atoms. The third kappa shape index (κ3) is 3.98. The van der Waals surface area contributed by atoms with Gasteiger partial charge in [-0.15, -0.1) is 23.7 Å². The van der Waals surface area contributed by atoms with Crippen LogP contribution >= 0.6 is 23.7 Å². The number of fused-ring (bicyclic) bond motifs is 1. The van der Waals surface area contributed by atoms with Crippen molar-refractivity contribution in [2.24, 2.45) is 0 Å². The second kappa shape index (κ2) is 8.82. The first-order valence-electron chi connectivity index (χ1n) is 10.1. The van der Waals surface area contributed by atoms with Gasteiger partial charge in [0, 0.05) is 17.0 Å². The highest BCUT2D eigenvalue weighted by Gasteiger charge is 2.24. The van der Waals surface area contributed by atoms with Gasteiger partial charge >= 0.3 is 5.69 Å². The molecule has 5 rings (SSSR count). The van der Waals surface area contributed by atoms with E-state index >= 15 is 0 Å². The Hall–Kier alpha value is -2.68. The van der Waals surface area contributed by atoms with E-state index in [1.54, 1.807) is 4.57 Å². The van der Waals surface area contributed by atoms with Crippen molar-refractivity contribution in [2.45, 2.75) is 32.4 Å². The summed E-state index contributed by atoms with van der Waals surface area (Å²) in [5.74, 6) is 0.691. The second-order valence-electron chi connectivity index (χ2n) is 7.64. The van der Waals surface area contributed by atoms with Crippen LogP contribution in [0.3, 0.4) is 0 Å². The number of nitrogens with one attached hydrogen (secondary N) is 1.